The van der Waals surface area contributed by atoms with Crippen molar-refractivity contribution < 1.29 is 14.7 Å². The molecular formula is C16H22N2O3. The molecule has 0 bridgehead atoms. The number of carbonyl (C=O) groups excluding carboxylic acids is 1. The van der Waals surface area contributed by atoms with Gasteiger partial charge in [0, 0.05) is 6.54 Å². The Bertz CT molecular complexity index is 490. The fourth-order valence-corrected chi connectivity index (χ4v) is 2.81. The summed E-state index contributed by atoms with van der Waals surface area (Å²) in [5.74, 6) is -1.02. The van der Waals surface area contributed by atoms with Crippen LogP contribution >= 0.6 is 0 Å². The summed E-state index contributed by atoms with van der Waals surface area (Å²) >= 11 is 0. The lowest BCUT2D eigenvalue weighted by Gasteiger charge is -2.35. The molecule has 1 aliphatic heterocycles. The van der Waals surface area contributed by atoms with E-state index in [0.717, 1.165) is 18.4 Å². The molecule has 0 aromatic heterocycles. The third kappa shape index (κ3) is 3.82. The second kappa shape index (κ2) is 7.22. The second-order valence-corrected chi connectivity index (χ2v) is 5.41. The number of rotatable bonds is 5. The minimum Gasteiger partial charge on any atom is -0.480 e. The van der Waals surface area contributed by atoms with E-state index in [9.17, 15) is 14.7 Å². The SMILES string of the molecule is CN[C@@H](Cc1ccccc1)C(=O)N1CCCCC1C(=O)O. The smallest absolute Gasteiger partial charge is 0.326 e. The van der Waals surface area contributed by atoms with Gasteiger partial charge >= 0.3 is 5.97 Å². The summed E-state index contributed by atoms with van der Waals surface area (Å²) < 4.78 is 0. The van der Waals surface area contributed by atoms with Gasteiger partial charge in [-0.05, 0) is 38.3 Å². The monoisotopic (exact) mass is 290 g/mol. The number of carbonyl (C=O) groups is 2. The Labute approximate surface area is 125 Å². The molecule has 5 heteroatoms. The lowest BCUT2D eigenvalue weighted by molar-refractivity contribution is -0.152. The Morgan fingerprint density at radius 2 is 2.05 bits per heavy atom. The first kappa shape index (κ1) is 15.5. The molecule has 114 valence electrons. The average Bonchev–Trinajstić information content (AvgIpc) is 2.53. The number of nitrogens with one attached hydrogen (secondary N) is 1. The van der Waals surface area contributed by atoms with Crippen molar-refractivity contribution >= 4 is 11.9 Å². The number of piperidine rings is 1. The van der Waals surface area contributed by atoms with Crippen LogP contribution in [0, 0.1) is 0 Å². The maximum Gasteiger partial charge on any atom is 0.326 e. The van der Waals surface area contributed by atoms with E-state index in [1.807, 2.05) is 30.3 Å². The summed E-state index contributed by atoms with van der Waals surface area (Å²) in [4.78, 5) is 25.5. The van der Waals surface area contributed by atoms with Crippen LogP contribution in [0.15, 0.2) is 30.3 Å². The number of carboxylic acids is 1. The first-order chi connectivity index (χ1) is 10.1. The Morgan fingerprint density at radius 3 is 2.67 bits per heavy atom. The normalized spacial score (nSPS) is 20.0. The number of likely N-dealkylation sites (tertiary alicyclic amines) is 1. The third-order valence-electron chi connectivity index (χ3n) is 4.00. The zero-order valence-corrected chi connectivity index (χ0v) is 12.3. The zero-order valence-electron chi connectivity index (χ0n) is 12.3. The van der Waals surface area contributed by atoms with Crippen LogP contribution in [-0.4, -0.2) is 47.6 Å². The molecule has 0 radical (unpaired) electrons. The number of hydrogen-bond acceptors (Lipinski definition) is 3. The van der Waals surface area contributed by atoms with E-state index in [2.05, 4.69) is 5.32 Å². The Morgan fingerprint density at radius 1 is 1.33 bits per heavy atom. The van der Waals surface area contributed by atoms with E-state index in [1.54, 1.807) is 7.05 Å². The molecule has 1 aliphatic rings. The van der Waals surface area contributed by atoms with Crippen molar-refractivity contribution in [1.82, 2.24) is 10.2 Å². The third-order valence-corrected chi connectivity index (χ3v) is 4.00. The molecule has 1 amide bonds. The van der Waals surface area contributed by atoms with Crippen molar-refractivity contribution in [2.24, 2.45) is 0 Å². The highest BCUT2D eigenvalue weighted by atomic mass is 16.4. The van der Waals surface area contributed by atoms with Crippen molar-refractivity contribution in [3.63, 3.8) is 0 Å². The predicted molar refractivity (Wildman–Crippen MR) is 80.0 cm³/mol. The van der Waals surface area contributed by atoms with Crippen LogP contribution in [0.1, 0.15) is 24.8 Å². The molecule has 1 aromatic rings. The minimum atomic E-state index is -0.905. The number of carboxylic acid groups (broad SMARTS) is 1. The zero-order chi connectivity index (χ0) is 15.2. The second-order valence-electron chi connectivity index (χ2n) is 5.41. The molecule has 0 spiro atoms. The molecule has 2 rings (SSSR count). The van der Waals surface area contributed by atoms with Gasteiger partial charge in [0.05, 0.1) is 6.04 Å². The molecule has 5 nitrogen and oxygen atoms in total. The van der Waals surface area contributed by atoms with Crippen LogP contribution in [0.2, 0.25) is 0 Å². The highest BCUT2D eigenvalue weighted by Gasteiger charge is 2.34. The number of aliphatic carboxylic acids is 1. The van der Waals surface area contributed by atoms with E-state index >= 15 is 0 Å². The summed E-state index contributed by atoms with van der Waals surface area (Å²) in [6, 6.07) is 8.70. The predicted octanol–water partition coefficient (Wildman–Crippen LogP) is 1.28. The molecule has 1 aromatic carbocycles. The van der Waals surface area contributed by atoms with Crippen molar-refractivity contribution in [3.05, 3.63) is 35.9 Å². The molecule has 1 heterocycles. The van der Waals surface area contributed by atoms with Gasteiger partial charge in [-0.3, -0.25) is 4.79 Å². The Hall–Kier alpha value is -1.88. The van der Waals surface area contributed by atoms with E-state index in [4.69, 9.17) is 0 Å². The maximum absolute atomic E-state index is 12.6. The van der Waals surface area contributed by atoms with Gasteiger partial charge in [-0.1, -0.05) is 30.3 Å². The maximum atomic E-state index is 12.6. The van der Waals surface area contributed by atoms with E-state index < -0.39 is 12.0 Å². The van der Waals surface area contributed by atoms with Gasteiger partial charge in [0.2, 0.25) is 5.91 Å². The van der Waals surface area contributed by atoms with E-state index in [0.29, 0.717) is 19.4 Å². The molecule has 2 atom stereocenters. The minimum absolute atomic E-state index is 0.117. The number of nitrogens with zero attached hydrogens (tertiary/aromatic N) is 1. The summed E-state index contributed by atoms with van der Waals surface area (Å²) in [7, 11) is 1.74. The van der Waals surface area contributed by atoms with Gasteiger partial charge in [0.25, 0.3) is 0 Å². The van der Waals surface area contributed by atoms with Gasteiger partial charge in [0.15, 0.2) is 0 Å². The Kier molecular flexibility index (Phi) is 5.33. The summed E-state index contributed by atoms with van der Waals surface area (Å²) in [5.41, 5.74) is 1.06. The van der Waals surface area contributed by atoms with Crippen LogP contribution in [0.4, 0.5) is 0 Å². The summed E-state index contributed by atoms with van der Waals surface area (Å²) in [6.45, 7) is 0.531. The van der Waals surface area contributed by atoms with Crippen LogP contribution in [0.5, 0.6) is 0 Å². The van der Waals surface area contributed by atoms with E-state index in [1.165, 1.54) is 4.90 Å². The van der Waals surface area contributed by atoms with Crippen LogP contribution in [0.3, 0.4) is 0 Å². The van der Waals surface area contributed by atoms with Crippen LogP contribution in [-0.2, 0) is 16.0 Å². The van der Waals surface area contributed by atoms with Crippen molar-refractivity contribution in [3.8, 4) is 0 Å². The fourth-order valence-electron chi connectivity index (χ4n) is 2.81. The first-order valence-electron chi connectivity index (χ1n) is 7.38. The van der Waals surface area contributed by atoms with Gasteiger partial charge in [0.1, 0.15) is 6.04 Å². The molecule has 0 saturated carbocycles. The number of amides is 1. The van der Waals surface area contributed by atoms with Crippen LogP contribution in [0.25, 0.3) is 0 Å². The van der Waals surface area contributed by atoms with Crippen molar-refractivity contribution in [2.45, 2.75) is 37.8 Å². The highest BCUT2D eigenvalue weighted by molar-refractivity contribution is 5.87. The van der Waals surface area contributed by atoms with Gasteiger partial charge in [-0.25, -0.2) is 4.79 Å². The molecular weight excluding hydrogens is 268 g/mol. The number of hydrogen-bond donors (Lipinski definition) is 2. The molecule has 2 N–H and O–H groups in total. The largest absolute Gasteiger partial charge is 0.480 e. The molecule has 21 heavy (non-hydrogen) atoms. The lowest BCUT2D eigenvalue weighted by Crippen LogP contribution is -2.54. The number of benzene rings is 1. The molecule has 1 unspecified atom stereocenters. The topological polar surface area (TPSA) is 69.6 Å². The lowest BCUT2D eigenvalue weighted by atomic mass is 9.99. The van der Waals surface area contributed by atoms with Crippen LogP contribution < -0.4 is 5.32 Å². The number of likely N-dealkylation sites (N-methyl/N-ethyl adjacent to an activating group) is 1. The van der Waals surface area contributed by atoms with Gasteiger partial charge in [-0.2, -0.15) is 0 Å². The Balaban J connectivity index is 2.09. The van der Waals surface area contributed by atoms with Crippen molar-refractivity contribution in [1.29, 1.82) is 0 Å². The fraction of sp³-hybridized carbons (Fsp3) is 0.500. The molecule has 1 fully saturated rings. The van der Waals surface area contributed by atoms with E-state index in [-0.39, 0.29) is 11.9 Å². The highest BCUT2D eigenvalue weighted by Crippen LogP contribution is 2.19. The standard InChI is InChI=1S/C16H22N2O3/c1-17-13(11-12-7-3-2-4-8-12)15(19)18-10-6-5-9-14(18)16(20)21/h2-4,7-8,13-14,17H,5-6,9-11H2,1H3,(H,20,21)/t13-,14?/m0/s1. The van der Waals surface area contributed by atoms with Gasteiger partial charge < -0.3 is 15.3 Å². The summed E-state index contributed by atoms with van der Waals surface area (Å²) in [5, 5.41) is 12.3. The summed E-state index contributed by atoms with van der Waals surface area (Å²) in [6.07, 6.45) is 2.85. The van der Waals surface area contributed by atoms with Gasteiger partial charge in [-0.15, -0.1) is 0 Å². The van der Waals surface area contributed by atoms with Crippen molar-refractivity contribution in [2.75, 3.05) is 13.6 Å². The molecule has 1 saturated heterocycles. The quantitative estimate of drug-likeness (QED) is 0.857. The molecule has 0 aliphatic carbocycles. The average molecular weight is 290 g/mol. The first-order valence-corrected chi connectivity index (χ1v) is 7.38.